The van der Waals surface area contributed by atoms with Gasteiger partial charge in [-0.3, -0.25) is 0 Å². The standard InChI is InChI=1S/C46H30.2C40H26/c1-3-21-37-31(13-1)15-11-27-39(37)33-17-9-19-35(29-33)45-41-23-5-7-25-43(41)46(44-26-8-6-24-42(44)45)36-20-10-18-34(30-36)40-28-12-16-32-14-2-4-22-38(32)40;1-2-14-28(15-3-1)39-35-18-6-8-20-37(35)40(38-21-9-7-19-36(38)39)34-26-12-24-32-31(23-11-25-33(32)34)30-22-10-16-27-13-4-5-17-29(27)30;1-2-13-28(14-3-1)39-35-16-6-8-18-37(35)40(38-19-9-7-17-36(38)39)34-23-11-21-32-31(20-10-22-33(32)34)30-25-24-27-12-4-5-15-29(27)26-30/h1-30H;2*1-26H. The Hall–Kier alpha value is -16.4. The summed E-state index contributed by atoms with van der Waals surface area (Å²) in [6, 6.07) is 181. The molecule has 0 atom stereocenters. The number of hydrogen-bond acceptors (Lipinski definition) is 0. The Kier molecular flexibility index (Phi) is 19.1. The lowest BCUT2D eigenvalue weighted by atomic mass is 9.84. The number of rotatable bonds is 10. The van der Waals surface area contributed by atoms with E-state index in [1.165, 1.54) is 241 Å². The molecule has 0 saturated heterocycles. The van der Waals surface area contributed by atoms with E-state index in [1.54, 1.807) is 0 Å². The minimum Gasteiger partial charge on any atom is -0.0622 e. The molecule has 0 aliphatic rings. The quantitative estimate of drug-likeness (QED) is 0.120. The first-order chi connectivity index (χ1) is 62.6. The first kappa shape index (κ1) is 74.7. The lowest BCUT2D eigenvalue weighted by Crippen LogP contribution is -1.92. The number of hydrogen-bond donors (Lipinski definition) is 0. The van der Waals surface area contributed by atoms with Gasteiger partial charge < -0.3 is 0 Å². The van der Waals surface area contributed by atoms with Crippen molar-refractivity contribution in [3.63, 3.8) is 0 Å². The highest BCUT2D eigenvalue weighted by molar-refractivity contribution is 6.27. The number of benzene rings is 25. The fourth-order valence-corrected chi connectivity index (χ4v) is 20.4. The van der Waals surface area contributed by atoms with Crippen molar-refractivity contribution in [1.29, 1.82) is 0 Å². The largest absolute Gasteiger partial charge is 0.0622 e. The monoisotopic (exact) mass is 1590 g/mol. The Morgan fingerprint density at radius 1 is 0.0794 bits per heavy atom. The molecule has 0 radical (unpaired) electrons. The average Bonchev–Trinajstić information content (AvgIpc) is 0.756. The van der Waals surface area contributed by atoms with Crippen LogP contribution in [0.1, 0.15) is 0 Å². The van der Waals surface area contributed by atoms with Gasteiger partial charge in [-0.25, -0.2) is 0 Å². The van der Waals surface area contributed by atoms with Gasteiger partial charge in [-0.15, -0.1) is 0 Å². The van der Waals surface area contributed by atoms with E-state index in [0.717, 1.165) is 0 Å². The van der Waals surface area contributed by atoms with Crippen LogP contribution in [-0.2, 0) is 0 Å². The first-order valence-corrected chi connectivity index (χ1v) is 43.7. The zero-order valence-electron chi connectivity index (χ0n) is 69.3. The second-order valence-corrected chi connectivity index (χ2v) is 33.0. The maximum absolute atomic E-state index is 2.37. The summed E-state index contributed by atoms with van der Waals surface area (Å²) in [7, 11) is 0. The highest BCUT2D eigenvalue weighted by Crippen LogP contribution is 2.51. The van der Waals surface area contributed by atoms with Crippen LogP contribution < -0.4 is 0 Å². The molecule has 0 spiro atoms. The summed E-state index contributed by atoms with van der Waals surface area (Å²) in [5.41, 5.74) is 25.3. The molecule has 0 N–H and O–H groups in total. The molecule has 0 saturated carbocycles. The third kappa shape index (κ3) is 13.2. The molecule has 0 heterocycles. The van der Waals surface area contributed by atoms with Gasteiger partial charge in [-0.1, -0.05) is 479 Å². The van der Waals surface area contributed by atoms with Crippen LogP contribution in [0.25, 0.3) is 241 Å². The molecule has 0 amide bonds. The van der Waals surface area contributed by atoms with Crippen LogP contribution in [0.4, 0.5) is 0 Å². The molecular formula is C126H82. The molecule has 0 fully saturated rings. The Morgan fingerprint density at radius 2 is 0.278 bits per heavy atom. The highest BCUT2D eigenvalue weighted by Gasteiger charge is 2.24. The van der Waals surface area contributed by atoms with Crippen LogP contribution in [0.3, 0.4) is 0 Å². The van der Waals surface area contributed by atoms with Gasteiger partial charge in [-0.2, -0.15) is 0 Å². The summed E-state index contributed by atoms with van der Waals surface area (Å²) >= 11 is 0. The summed E-state index contributed by atoms with van der Waals surface area (Å²) < 4.78 is 0. The second-order valence-electron chi connectivity index (χ2n) is 33.0. The highest BCUT2D eigenvalue weighted by atomic mass is 14.3. The summed E-state index contributed by atoms with van der Waals surface area (Å²) in [5.74, 6) is 0. The van der Waals surface area contributed by atoms with Gasteiger partial charge in [0.2, 0.25) is 0 Å². The van der Waals surface area contributed by atoms with Crippen molar-refractivity contribution in [3.05, 3.63) is 497 Å². The van der Waals surface area contributed by atoms with Crippen molar-refractivity contribution in [2.75, 3.05) is 0 Å². The molecule has 126 heavy (non-hydrogen) atoms. The van der Waals surface area contributed by atoms with Crippen molar-refractivity contribution in [3.8, 4) is 111 Å². The van der Waals surface area contributed by atoms with Gasteiger partial charge in [0.05, 0.1) is 0 Å². The van der Waals surface area contributed by atoms with Crippen molar-refractivity contribution in [2.45, 2.75) is 0 Å². The minimum absolute atomic E-state index is 1.23. The fraction of sp³-hybridized carbons (Fsp3) is 0. The maximum atomic E-state index is 2.37. The van der Waals surface area contributed by atoms with Gasteiger partial charge in [0.25, 0.3) is 0 Å². The zero-order valence-corrected chi connectivity index (χ0v) is 69.3. The second kappa shape index (κ2) is 32.2. The molecule has 0 heteroatoms. The summed E-state index contributed by atoms with van der Waals surface area (Å²) in [5, 5.41) is 30.6. The van der Waals surface area contributed by atoms with E-state index in [4.69, 9.17) is 0 Å². The molecule has 25 rings (SSSR count). The molecule has 586 valence electrons. The van der Waals surface area contributed by atoms with Gasteiger partial charge >= 0.3 is 0 Å². The van der Waals surface area contributed by atoms with Gasteiger partial charge in [-0.05, 0) is 259 Å². The van der Waals surface area contributed by atoms with Crippen LogP contribution in [0, 0.1) is 0 Å². The van der Waals surface area contributed by atoms with Crippen LogP contribution >= 0.6 is 0 Å². The molecular weight excluding hydrogens is 1510 g/mol. The molecule has 0 unspecified atom stereocenters. The minimum atomic E-state index is 1.23. The summed E-state index contributed by atoms with van der Waals surface area (Å²) in [6.45, 7) is 0. The van der Waals surface area contributed by atoms with E-state index in [1.807, 2.05) is 0 Å². The smallest absolute Gasteiger partial charge is 0.00201 e. The molecule has 0 nitrogen and oxygen atoms in total. The van der Waals surface area contributed by atoms with Crippen molar-refractivity contribution < 1.29 is 0 Å². The van der Waals surface area contributed by atoms with Crippen LogP contribution in [0.15, 0.2) is 497 Å². The third-order valence-electron chi connectivity index (χ3n) is 25.9. The predicted octanol–water partition coefficient (Wildman–Crippen LogP) is 35.6. The average molecular weight is 1600 g/mol. The summed E-state index contributed by atoms with van der Waals surface area (Å²) in [6.07, 6.45) is 0. The van der Waals surface area contributed by atoms with E-state index in [2.05, 4.69) is 497 Å². The molecule has 25 aromatic rings. The maximum Gasteiger partial charge on any atom is -0.00201 e. The van der Waals surface area contributed by atoms with E-state index in [9.17, 15) is 0 Å². The van der Waals surface area contributed by atoms with Crippen LogP contribution in [-0.4, -0.2) is 0 Å². The van der Waals surface area contributed by atoms with Gasteiger partial charge in [0, 0.05) is 0 Å². The van der Waals surface area contributed by atoms with Crippen LogP contribution in [0.2, 0.25) is 0 Å². The van der Waals surface area contributed by atoms with E-state index < -0.39 is 0 Å². The lowest BCUT2D eigenvalue weighted by Gasteiger charge is -2.19. The fourth-order valence-electron chi connectivity index (χ4n) is 20.4. The first-order valence-electron chi connectivity index (χ1n) is 43.7. The number of fused-ring (bicyclic) bond motifs is 12. The molecule has 0 aliphatic heterocycles. The normalized spacial score (nSPS) is 11.5. The van der Waals surface area contributed by atoms with Crippen molar-refractivity contribution >= 4 is 129 Å². The molecule has 0 aromatic heterocycles. The molecule has 0 bridgehead atoms. The van der Waals surface area contributed by atoms with E-state index in [0.29, 0.717) is 0 Å². The topological polar surface area (TPSA) is 0 Å². The van der Waals surface area contributed by atoms with E-state index >= 15 is 0 Å². The predicted molar refractivity (Wildman–Crippen MR) is 544 cm³/mol. The summed E-state index contributed by atoms with van der Waals surface area (Å²) in [4.78, 5) is 0. The SMILES string of the molecule is c1cc(-c2cccc3ccccc23)cc(-c2c3ccccc3c(-c3cccc(-c4cccc5ccccc45)c3)c3ccccc23)c1.c1ccc(-c2c3ccccc3c(-c3cccc4c(-c5ccc6ccccc6c5)cccc34)c3ccccc23)cc1.c1ccc(-c2c3ccccc3c(-c3cccc4c(-c5cccc6ccccc56)cccc34)c3ccccc23)cc1. The molecule has 0 aliphatic carbocycles. The van der Waals surface area contributed by atoms with E-state index in [-0.39, 0.29) is 0 Å². The Bertz CT molecular complexity index is 8210. The van der Waals surface area contributed by atoms with Crippen LogP contribution in [0.5, 0.6) is 0 Å². The molecule has 25 aromatic carbocycles. The Balaban J connectivity index is 0.000000109. The zero-order chi connectivity index (χ0) is 83.4. The van der Waals surface area contributed by atoms with Gasteiger partial charge in [0.1, 0.15) is 0 Å². The van der Waals surface area contributed by atoms with Crippen molar-refractivity contribution in [2.24, 2.45) is 0 Å². The lowest BCUT2D eigenvalue weighted by molar-refractivity contribution is 1.62. The third-order valence-corrected chi connectivity index (χ3v) is 25.9. The van der Waals surface area contributed by atoms with Gasteiger partial charge in [0.15, 0.2) is 0 Å². The Labute approximate surface area is 732 Å². The van der Waals surface area contributed by atoms with Crippen molar-refractivity contribution in [1.82, 2.24) is 0 Å². The Morgan fingerprint density at radius 3 is 0.643 bits per heavy atom.